The average Bonchev–Trinajstić information content (AvgIpc) is 3.68. The first kappa shape index (κ1) is 35.0. The van der Waals surface area contributed by atoms with E-state index >= 15 is 0 Å². The number of aromatic nitrogens is 6. The molecule has 2 aliphatic rings. The van der Waals surface area contributed by atoms with E-state index in [9.17, 15) is 14.4 Å². The molecule has 13 nitrogen and oxygen atoms in total. The van der Waals surface area contributed by atoms with E-state index in [1.807, 2.05) is 51.1 Å². The summed E-state index contributed by atoms with van der Waals surface area (Å²) in [6.07, 6.45) is 7.21. The molecule has 5 rings (SSSR count). The van der Waals surface area contributed by atoms with Crippen molar-refractivity contribution in [2.75, 3.05) is 13.1 Å². The number of hydrogen-bond donors (Lipinski definition) is 3. The van der Waals surface area contributed by atoms with Gasteiger partial charge < -0.3 is 21.3 Å². The van der Waals surface area contributed by atoms with E-state index in [1.165, 1.54) is 0 Å². The topological polar surface area (TPSA) is 166 Å². The lowest BCUT2D eigenvalue weighted by atomic mass is 9.92. The predicted octanol–water partition coefficient (Wildman–Crippen LogP) is 2.91. The van der Waals surface area contributed by atoms with E-state index in [4.69, 9.17) is 10.7 Å². The third-order valence-electron chi connectivity index (χ3n) is 9.07. The monoisotopic (exact) mass is 654 g/mol. The molecule has 14 heteroatoms. The van der Waals surface area contributed by atoms with Crippen molar-refractivity contribution >= 4 is 30.1 Å². The number of fused-ring (bicyclic) bond motifs is 1. The maximum atomic E-state index is 13.8. The fourth-order valence-electron chi connectivity index (χ4n) is 6.20. The van der Waals surface area contributed by atoms with Gasteiger partial charge in [-0.3, -0.25) is 14.4 Å². The molecule has 2 aromatic heterocycles. The number of benzene rings is 1. The zero-order chi connectivity index (χ0) is 31.9. The Balaban J connectivity index is 0.00000480. The number of carbonyl (C=O) groups is 3. The minimum atomic E-state index is -0.705. The number of nitrogens with zero attached hydrogens (tertiary/aromatic N) is 7. The van der Waals surface area contributed by atoms with Crippen molar-refractivity contribution in [2.24, 2.45) is 11.7 Å². The first-order chi connectivity index (χ1) is 21.7. The molecule has 0 radical (unpaired) electrons. The van der Waals surface area contributed by atoms with Gasteiger partial charge in [-0.15, -0.1) is 17.5 Å². The van der Waals surface area contributed by atoms with Crippen LogP contribution in [0.4, 0.5) is 0 Å². The molecule has 1 unspecified atom stereocenters. The maximum absolute atomic E-state index is 13.8. The quantitative estimate of drug-likeness (QED) is 0.365. The second kappa shape index (κ2) is 16.1. The summed E-state index contributed by atoms with van der Waals surface area (Å²) in [6, 6.07) is 9.07. The molecular weight excluding hydrogens is 608 g/mol. The normalized spacial score (nSPS) is 23.7. The summed E-state index contributed by atoms with van der Waals surface area (Å²) in [5.74, 6) is 0.375. The van der Waals surface area contributed by atoms with Gasteiger partial charge in [-0.2, -0.15) is 5.10 Å². The molecule has 1 aliphatic heterocycles. The minimum absolute atomic E-state index is 0. The second-order valence-corrected chi connectivity index (χ2v) is 12.5. The molecule has 3 atom stereocenters. The van der Waals surface area contributed by atoms with Gasteiger partial charge in [0.25, 0.3) is 5.91 Å². The summed E-state index contributed by atoms with van der Waals surface area (Å²) in [5.41, 5.74) is 7.38. The molecule has 0 spiro atoms. The Bertz CT molecular complexity index is 1450. The highest BCUT2D eigenvalue weighted by Crippen LogP contribution is 2.27. The lowest BCUT2D eigenvalue weighted by molar-refractivity contribution is -0.130. The van der Waals surface area contributed by atoms with Crippen LogP contribution in [-0.4, -0.2) is 77.6 Å². The summed E-state index contributed by atoms with van der Waals surface area (Å²) in [5, 5.41) is 19.4. The molecule has 250 valence electrons. The van der Waals surface area contributed by atoms with Crippen LogP contribution in [0.2, 0.25) is 0 Å². The highest BCUT2D eigenvalue weighted by molar-refractivity contribution is 5.92. The van der Waals surface area contributed by atoms with Crippen LogP contribution >= 0.6 is 12.4 Å². The zero-order valence-electron chi connectivity index (χ0n) is 27.0. The molecule has 3 aromatic rings. The van der Waals surface area contributed by atoms with Crippen molar-refractivity contribution in [1.82, 2.24) is 45.3 Å². The smallest absolute Gasteiger partial charge is 0.276 e. The Hall–Kier alpha value is -3.84. The number of rotatable bonds is 6. The second-order valence-electron chi connectivity index (χ2n) is 12.5. The average molecular weight is 655 g/mol. The fourth-order valence-corrected chi connectivity index (χ4v) is 6.20. The fraction of sp³-hybridized carbons (Fsp3) is 0.594. The van der Waals surface area contributed by atoms with Gasteiger partial charge >= 0.3 is 0 Å². The molecule has 1 fully saturated rings. The number of halogens is 1. The van der Waals surface area contributed by atoms with E-state index in [0.717, 1.165) is 31.2 Å². The number of aryl methyl sites for hydroxylation is 1. The SMILES string of the molecule is CC[C@H](C)[C@@H]1NC(=O)CCCN(C(=O)c2cn(C3CCC(N)CC3)nn2)CCn2nc(C)nc2C(Cc2ccccc2)NC1=O.Cl. The van der Waals surface area contributed by atoms with E-state index in [1.54, 1.807) is 20.5 Å². The molecule has 4 N–H and O–H groups in total. The first-order valence-electron chi connectivity index (χ1n) is 16.2. The van der Waals surface area contributed by atoms with Crippen molar-refractivity contribution in [2.45, 2.75) is 103 Å². The third-order valence-corrected chi connectivity index (χ3v) is 9.07. The van der Waals surface area contributed by atoms with Crippen LogP contribution in [0.15, 0.2) is 36.5 Å². The molecule has 1 saturated carbocycles. The summed E-state index contributed by atoms with van der Waals surface area (Å²) >= 11 is 0. The summed E-state index contributed by atoms with van der Waals surface area (Å²) in [4.78, 5) is 47.1. The van der Waals surface area contributed by atoms with Crippen LogP contribution in [0.3, 0.4) is 0 Å². The van der Waals surface area contributed by atoms with E-state index in [0.29, 0.717) is 50.5 Å². The molecule has 1 aliphatic carbocycles. The number of nitrogens with one attached hydrogen (secondary N) is 2. The van der Waals surface area contributed by atoms with Crippen molar-refractivity contribution in [1.29, 1.82) is 0 Å². The summed E-state index contributed by atoms with van der Waals surface area (Å²) in [7, 11) is 0. The van der Waals surface area contributed by atoms with Gasteiger partial charge in [-0.25, -0.2) is 14.3 Å². The summed E-state index contributed by atoms with van der Waals surface area (Å²) in [6.45, 7) is 6.80. The number of hydrogen-bond acceptors (Lipinski definition) is 8. The van der Waals surface area contributed by atoms with Crippen molar-refractivity contribution in [3.8, 4) is 0 Å². The molecule has 1 aromatic carbocycles. The van der Waals surface area contributed by atoms with Crippen LogP contribution in [0.25, 0.3) is 0 Å². The number of nitrogens with two attached hydrogens (primary N) is 1. The van der Waals surface area contributed by atoms with Crippen molar-refractivity contribution in [3.05, 3.63) is 59.4 Å². The van der Waals surface area contributed by atoms with E-state index in [2.05, 4.69) is 26.0 Å². The highest BCUT2D eigenvalue weighted by atomic mass is 35.5. The van der Waals surface area contributed by atoms with Gasteiger partial charge in [0.2, 0.25) is 11.8 Å². The highest BCUT2D eigenvalue weighted by Gasteiger charge is 2.31. The van der Waals surface area contributed by atoms with Crippen LogP contribution in [0.1, 0.15) is 98.6 Å². The Morgan fingerprint density at radius 3 is 2.52 bits per heavy atom. The van der Waals surface area contributed by atoms with Crippen LogP contribution in [-0.2, 0) is 22.6 Å². The van der Waals surface area contributed by atoms with Gasteiger partial charge in [0.05, 0.1) is 24.8 Å². The molecule has 0 saturated heterocycles. The molecule has 3 amide bonds. The van der Waals surface area contributed by atoms with Crippen LogP contribution in [0.5, 0.6) is 0 Å². The first-order valence-corrected chi connectivity index (χ1v) is 16.2. The minimum Gasteiger partial charge on any atom is -0.344 e. The lowest BCUT2D eigenvalue weighted by Gasteiger charge is -2.28. The molecule has 0 bridgehead atoms. The largest absolute Gasteiger partial charge is 0.344 e. The van der Waals surface area contributed by atoms with E-state index < -0.39 is 12.1 Å². The van der Waals surface area contributed by atoms with Crippen molar-refractivity contribution in [3.63, 3.8) is 0 Å². The number of amides is 3. The predicted molar refractivity (Wildman–Crippen MR) is 175 cm³/mol. The van der Waals surface area contributed by atoms with Crippen molar-refractivity contribution < 1.29 is 14.4 Å². The van der Waals surface area contributed by atoms with Crippen LogP contribution < -0.4 is 16.4 Å². The van der Waals surface area contributed by atoms with Gasteiger partial charge in [0.15, 0.2) is 5.69 Å². The molecule has 46 heavy (non-hydrogen) atoms. The van der Waals surface area contributed by atoms with Crippen LogP contribution in [0, 0.1) is 12.8 Å². The third kappa shape index (κ3) is 8.69. The Kier molecular flexibility index (Phi) is 12.3. The Labute approximate surface area is 276 Å². The van der Waals surface area contributed by atoms with E-state index in [-0.39, 0.29) is 60.2 Å². The lowest BCUT2D eigenvalue weighted by Crippen LogP contribution is -2.51. The van der Waals surface area contributed by atoms with Gasteiger partial charge in [0.1, 0.15) is 17.7 Å². The zero-order valence-corrected chi connectivity index (χ0v) is 27.8. The molecule has 3 heterocycles. The standard InChI is InChI=1S/C32H46N10O3.ClH/c1-4-21(2)29-31(44)35-26(19-23-9-6-5-7-10-23)30-34-22(3)38-41(30)18-17-40(16-8-11-28(43)36-29)32(45)27-20-42(39-37-27)25-14-12-24(33)13-15-25;/h5-7,9-10,20-21,24-26,29H,4,8,11-19,33H2,1-3H3,(H,35,44)(H,36,43);1H/t21-,24?,25?,26?,29-;/m0./s1. The maximum Gasteiger partial charge on any atom is 0.276 e. The number of carbonyl (C=O) groups excluding carboxylic acids is 3. The van der Waals surface area contributed by atoms with Gasteiger partial charge in [0, 0.05) is 25.6 Å². The van der Waals surface area contributed by atoms with Gasteiger partial charge in [-0.1, -0.05) is 55.8 Å². The van der Waals surface area contributed by atoms with Gasteiger partial charge in [-0.05, 0) is 56.9 Å². The summed E-state index contributed by atoms with van der Waals surface area (Å²) < 4.78 is 3.58. The molecular formula is C32H47ClN10O3. The Morgan fingerprint density at radius 1 is 1.07 bits per heavy atom. The Morgan fingerprint density at radius 2 is 1.80 bits per heavy atom.